The number of aliphatic hydroxyl groups is 1. The largest absolute Gasteiger partial charge is 0.458 e. The van der Waals surface area contributed by atoms with Crippen LogP contribution in [-0.2, 0) is 0 Å². The lowest BCUT2D eigenvalue weighted by Gasteiger charge is -2.08. The van der Waals surface area contributed by atoms with E-state index in [1.165, 1.54) is 12.1 Å². The van der Waals surface area contributed by atoms with Crippen LogP contribution in [0.3, 0.4) is 0 Å². The Morgan fingerprint density at radius 2 is 1.85 bits per heavy atom. The van der Waals surface area contributed by atoms with E-state index in [-0.39, 0.29) is 5.02 Å². The molecule has 1 aromatic heterocycles. The van der Waals surface area contributed by atoms with Gasteiger partial charge >= 0.3 is 0 Å². The molecule has 0 bridgehead atoms. The van der Waals surface area contributed by atoms with Crippen molar-refractivity contribution in [1.29, 1.82) is 0 Å². The zero-order chi connectivity index (χ0) is 14.3. The molecule has 0 saturated carbocycles. The van der Waals surface area contributed by atoms with Crippen LogP contribution < -0.4 is 0 Å². The second kappa shape index (κ2) is 5.09. The van der Waals surface area contributed by atoms with Crippen LogP contribution in [0.2, 0.25) is 10.0 Å². The van der Waals surface area contributed by atoms with Crippen molar-refractivity contribution in [2.24, 2.45) is 0 Å². The van der Waals surface area contributed by atoms with Crippen molar-refractivity contribution in [3.05, 3.63) is 69.7 Å². The highest BCUT2D eigenvalue weighted by molar-refractivity contribution is 6.31. The first-order valence-corrected chi connectivity index (χ1v) is 6.62. The molecule has 0 aliphatic heterocycles. The van der Waals surface area contributed by atoms with Gasteiger partial charge in [0.15, 0.2) is 0 Å². The van der Waals surface area contributed by atoms with Crippen LogP contribution in [0, 0.1) is 5.82 Å². The fourth-order valence-corrected chi connectivity index (χ4v) is 2.31. The summed E-state index contributed by atoms with van der Waals surface area (Å²) in [5.41, 5.74) is 0.981. The average molecular weight is 311 g/mol. The summed E-state index contributed by atoms with van der Waals surface area (Å²) in [5, 5.41) is 11.6. The van der Waals surface area contributed by atoms with E-state index in [1.807, 2.05) is 0 Å². The van der Waals surface area contributed by atoms with Gasteiger partial charge in [-0.2, -0.15) is 0 Å². The number of fused-ring (bicyclic) bond motifs is 1. The first-order valence-electron chi connectivity index (χ1n) is 5.86. The Kier molecular flexibility index (Phi) is 3.42. The van der Waals surface area contributed by atoms with Crippen molar-refractivity contribution in [2.45, 2.75) is 6.10 Å². The van der Waals surface area contributed by atoms with Crippen LogP contribution in [0.4, 0.5) is 4.39 Å². The highest BCUT2D eigenvalue weighted by Gasteiger charge is 2.17. The van der Waals surface area contributed by atoms with Crippen molar-refractivity contribution in [3.63, 3.8) is 0 Å². The Morgan fingerprint density at radius 3 is 2.60 bits per heavy atom. The first-order chi connectivity index (χ1) is 9.54. The maximum atomic E-state index is 13.4. The molecule has 2 aromatic carbocycles. The number of halogens is 3. The van der Waals surface area contributed by atoms with Crippen LogP contribution in [0.1, 0.15) is 17.4 Å². The second-order valence-electron chi connectivity index (χ2n) is 4.41. The van der Waals surface area contributed by atoms with E-state index in [1.54, 1.807) is 30.3 Å². The van der Waals surface area contributed by atoms with Gasteiger partial charge in [-0.1, -0.05) is 29.3 Å². The van der Waals surface area contributed by atoms with Gasteiger partial charge in [0.1, 0.15) is 23.3 Å². The molecule has 5 heteroatoms. The standard InChI is InChI=1S/C15H9Cl2FO2/c16-10-2-4-13-9(5-10)7-14(20-13)15(19)8-1-3-11(17)12(18)6-8/h1-7,15,19H. The topological polar surface area (TPSA) is 33.4 Å². The molecule has 3 aromatic rings. The number of furan rings is 1. The van der Waals surface area contributed by atoms with Crippen LogP contribution in [-0.4, -0.2) is 5.11 Å². The maximum absolute atomic E-state index is 13.4. The molecule has 1 N–H and O–H groups in total. The van der Waals surface area contributed by atoms with Gasteiger partial charge in [0, 0.05) is 10.4 Å². The van der Waals surface area contributed by atoms with Crippen molar-refractivity contribution in [3.8, 4) is 0 Å². The van der Waals surface area contributed by atoms with E-state index < -0.39 is 11.9 Å². The number of benzene rings is 2. The summed E-state index contributed by atoms with van der Waals surface area (Å²) in [6.07, 6.45) is -1.06. The van der Waals surface area contributed by atoms with E-state index in [0.717, 1.165) is 5.39 Å². The molecule has 1 heterocycles. The third kappa shape index (κ3) is 2.40. The Bertz CT molecular complexity index is 783. The molecule has 0 radical (unpaired) electrons. The minimum Gasteiger partial charge on any atom is -0.458 e. The molecule has 0 amide bonds. The number of aliphatic hydroxyl groups excluding tert-OH is 1. The maximum Gasteiger partial charge on any atom is 0.142 e. The Morgan fingerprint density at radius 1 is 1.05 bits per heavy atom. The molecule has 0 aliphatic rings. The van der Waals surface area contributed by atoms with Crippen molar-refractivity contribution >= 4 is 34.2 Å². The third-order valence-electron chi connectivity index (χ3n) is 3.03. The highest BCUT2D eigenvalue weighted by Crippen LogP contribution is 2.30. The first kappa shape index (κ1) is 13.4. The molecule has 2 nitrogen and oxygen atoms in total. The van der Waals surface area contributed by atoms with Crippen molar-refractivity contribution in [1.82, 2.24) is 0 Å². The Labute approximate surface area is 124 Å². The van der Waals surface area contributed by atoms with E-state index in [2.05, 4.69) is 0 Å². The van der Waals surface area contributed by atoms with E-state index in [4.69, 9.17) is 27.6 Å². The molecule has 3 rings (SSSR count). The SMILES string of the molecule is OC(c1ccc(Cl)c(F)c1)c1cc2cc(Cl)ccc2o1. The number of hydrogen-bond donors (Lipinski definition) is 1. The van der Waals surface area contributed by atoms with Gasteiger partial charge in [0.05, 0.1) is 5.02 Å². The van der Waals surface area contributed by atoms with Crippen molar-refractivity contribution < 1.29 is 13.9 Å². The summed E-state index contributed by atoms with van der Waals surface area (Å²) < 4.78 is 19.0. The highest BCUT2D eigenvalue weighted by atomic mass is 35.5. The average Bonchev–Trinajstić information content (AvgIpc) is 2.84. The third-order valence-corrected chi connectivity index (χ3v) is 3.57. The minimum atomic E-state index is -1.06. The van der Waals surface area contributed by atoms with Gasteiger partial charge in [-0.15, -0.1) is 0 Å². The molecule has 0 saturated heterocycles. The summed E-state index contributed by atoms with van der Waals surface area (Å²) in [5.74, 6) is -0.258. The predicted molar refractivity (Wildman–Crippen MR) is 76.7 cm³/mol. The summed E-state index contributed by atoms with van der Waals surface area (Å²) in [4.78, 5) is 0. The van der Waals surface area contributed by atoms with E-state index >= 15 is 0 Å². The van der Waals surface area contributed by atoms with Gasteiger partial charge in [-0.3, -0.25) is 0 Å². The zero-order valence-corrected chi connectivity index (χ0v) is 11.6. The molecule has 0 fully saturated rings. The van der Waals surface area contributed by atoms with Crippen LogP contribution in [0.25, 0.3) is 11.0 Å². The molecule has 1 unspecified atom stereocenters. The van der Waals surface area contributed by atoms with E-state index in [0.29, 0.717) is 21.9 Å². The zero-order valence-electron chi connectivity index (χ0n) is 10.1. The Balaban J connectivity index is 2.02. The summed E-state index contributed by atoms with van der Waals surface area (Å²) in [7, 11) is 0. The smallest absolute Gasteiger partial charge is 0.142 e. The van der Waals surface area contributed by atoms with Gasteiger partial charge in [-0.25, -0.2) is 4.39 Å². The van der Waals surface area contributed by atoms with Gasteiger partial charge < -0.3 is 9.52 Å². The summed E-state index contributed by atoms with van der Waals surface area (Å²) >= 11 is 11.5. The fourth-order valence-electron chi connectivity index (χ4n) is 2.02. The quantitative estimate of drug-likeness (QED) is 0.725. The molecule has 20 heavy (non-hydrogen) atoms. The number of hydrogen-bond acceptors (Lipinski definition) is 2. The fraction of sp³-hybridized carbons (Fsp3) is 0.0667. The van der Waals surface area contributed by atoms with Crippen molar-refractivity contribution in [2.75, 3.05) is 0 Å². The molecule has 0 spiro atoms. The predicted octanol–water partition coefficient (Wildman–Crippen LogP) is 4.96. The van der Waals surface area contributed by atoms with Crippen LogP contribution >= 0.6 is 23.2 Å². The van der Waals surface area contributed by atoms with Gasteiger partial charge in [-0.05, 0) is 42.0 Å². The molecule has 0 aliphatic carbocycles. The van der Waals surface area contributed by atoms with Gasteiger partial charge in [0.25, 0.3) is 0 Å². The lowest BCUT2D eigenvalue weighted by molar-refractivity contribution is 0.192. The lowest BCUT2D eigenvalue weighted by Crippen LogP contribution is -1.98. The summed E-state index contributed by atoms with van der Waals surface area (Å²) in [6.45, 7) is 0. The van der Waals surface area contributed by atoms with E-state index in [9.17, 15) is 9.50 Å². The minimum absolute atomic E-state index is 0.0114. The monoisotopic (exact) mass is 310 g/mol. The lowest BCUT2D eigenvalue weighted by atomic mass is 10.1. The van der Waals surface area contributed by atoms with Crippen LogP contribution in [0.5, 0.6) is 0 Å². The summed E-state index contributed by atoms with van der Waals surface area (Å²) in [6, 6.07) is 11.0. The Hall–Kier alpha value is -1.55. The second-order valence-corrected chi connectivity index (χ2v) is 5.25. The van der Waals surface area contributed by atoms with Gasteiger partial charge in [0.2, 0.25) is 0 Å². The number of rotatable bonds is 2. The molecule has 1 atom stereocenters. The van der Waals surface area contributed by atoms with Crippen LogP contribution in [0.15, 0.2) is 46.9 Å². The molecule has 102 valence electrons. The normalized spacial score (nSPS) is 12.8. The molecular formula is C15H9Cl2FO2. The molecular weight excluding hydrogens is 302 g/mol.